The van der Waals surface area contributed by atoms with Crippen molar-refractivity contribution in [2.45, 2.75) is 51.7 Å². The Morgan fingerprint density at radius 2 is 1.71 bits per heavy atom. The molecule has 4 rings (SSSR count). The van der Waals surface area contributed by atoms with Crippen LogP contribution >= 0.6 is 0 Å². The number of aromatic nitrogens is 1. The van der Waals surface area contributed by atoms with Crippen LogP contribution < -0.4 is 0 Å². The van der Waals surface area contributed by atoms with Gasteiger partial charge in [0.15, 0.2) is 0 Å². The highest BCUT2D eigenvalue weighted by atomic mass is 16.3. The lowest BCUT2D eigenvalue weighted by Crippen LogP contribution is -2.63. The van der Waals surface area contributed by atoms with Crippen LogP contribution in [0.25, 0.3) is 0 Å². The van der Waals surface area contributed by atoms with E-state index in [2.05, 4.69) is 73.8 Å². The Kier molecular flexibility index (Phi) is 6.46. The number of likely N-dealkylation sites (tertiary alicyclic amines) is 1. The molecule has 3 heterocycles. The molecule has 35 heavy (non-hydrogen) atoms. The highest BCUT2D eigenvalue weighted by Crippen LogP contribution is 2.50. The number of hydrogen-bond acceptors (Lipinski definition) is 4. The molecule has 6 nitrogen and oxygen atoms in total. The van der Waals surface area contributed by atoms with E-state index in [-0.39, 0.29) is 11.4 Å². The number of aliphatic hydroxyl groups is 1. The highest BCUT2D eigenvalue weighted by Gasteiger charge is 2.55. The number of amides is 2. The van der Waals surface area contributed by atoms with Crippen molar-refractivity contribution in [1.29, 1.82) is 0 Å². The van der Waals surface area contributed by atoms with Crippen molar-refractivity contribution in [3.63, 3.8) is 0 Å². The van der Waals surface area contributed by atoms with E-state index in [9.17, 15) is 9.90 Å². The molecule has 6 heteroatoms. The average molecular weight is 475 g/mol. The SMILES string of the molecule is CC(C)c1ccc([C@](O)(c2cncc(C#CC(C)(C)N3CCN(C)C3=O)c2)C2(C)CN(C)C2)cc1. The zero-order valence-electron chi connectivity index (χ0n) is 22.1. The van der Waals surface area contributed by atoms with Crippen LogP contribution in [0, 0.1) is 17.3 Å². The number of hydrogen-bond donors (Lipinski definition) is 1. The summed E-state index contributed by atoms with van der Waals surface area (Å²) in [5, 5.41) is 12.4. The number of pyridine rings is 1. The third-order valence-corrected chi connectivity index (χ3v) is 7.67. The number of carbonyl (C=O) groups excluding carboxylic acids is 1. The molecule has 2 fully saturated rings. The Hall–Kier alpha value is -2.88. The number of likely N-dealkylation sites (N-methyl/N-ethyl adjacent to an activating group) is 1. The second kappa shape index (κ2) is 8.96. The molecule has 2 aromatic rings. The molecule has 2 saturated heterocycles. The van der Waals surface area contributed by atoms with E-state index in [4.69, 9.17) is 0 Å². The Morgan fingerprint density at radius 3 is 2.26 bits per heavy atom. The van der Waals surface area contributed by atoms with Crippen LogP contribution in [0.15, 0.2) is 42.7 Å². The van der Waals surface area contributed by atoms with Crippen molar-refractivity contribution >= 4 is 6.03 Å². The van der Waals surface area contributed by atoms with Crippen LogP contribution in [0.4, 0.5) is 4.79 Å². The molecule has 0 bridgehead atoms. The quantitative estimate of drug-likeness (QED) is 0.668. The minimum Gasteiger partial charge on any atom is -0.380 e. The summed E-state index contributed by atoms with van der Waals surface area (Å²) in [5.74, 6) is 6.94. The molecular weight excluding hydrogens is 436 g/mol. The second-order valence-corrected chi connectivity index (χ2v) is 11.3. The van der Waals surface area contributed by atoms with Crippen LogP contribution in [0.1, 0.15) is 62.8 Å². The fourth-order valence-corrected chi connectivity index (χ4v) is 5.51. The molecule has 0 radical (unpaired) electrons. The topological polar surface area (TPSA) is 59.9 Å². The zero-order valence-corrected chi connectivity index (χ0v) is 22.1. The van der Waals surface area contributed by atoms with Crippen molar-refractivity contribution in [2.75, 3.05) is 40.3 Å². The molecular formula is C29H38N4O2. The van der Waals surface area contributed by atoms with Crippen molar-refractivity contribution in [3.8, 4) is 11.8 Å². The highest BCUT2D eigenvalue weighted by molar-refractivity contribution is 5.77. The van der Waals surface area contributed by atoms with E-state index in [1.807, 2.05) is 27.0 Å². The molecule has 186 valence electrons. The molecule has 2 aliphatic heterocycles. The summed E-state index contributed by atoms with van der Waals surface area (Å²) < 4.78 is 0. The third kappa shape index (κ3) is 4.44. The van der Waals surface area contributed by atoms with Crippen LogP contribution in [-0.4, -0.2) is 76.6 Å². The normalized spacial score (nSPS) is 19.9. The Balaban J connectivity index is 1.72. The predicted octanol–water partition coefficient (Wildman–Crippen LogP) is 3.89. The van der Waals surface area contributed by atoms with Crippen LogP contribution in [0.5, 0.6) is 0 Å². The number of urea groups is 1. The number of carbonyl (C=O) groups is 1. The first-order valence-electron chi connectivity index (χ1n) is 12.4. The summed E-state index contributed by atoms with van der Waals surface area (Å²) in [7, 11) is 3.88. The first-order valence-corrected chi connectivity index (χ1v) is 12.4. The van der Waals surface area contributed by atoms with E-state index in [1.165, 1.54) is 5.56 Å². The third-order valence-electron chi connectivity index (χ3n) is 7.67. The van der Waals surface area contributed by atoms with Crippen molar-refractivity contribution in [3.05, 3.63) is 65.0 Å². The van der Waals surface area contributed by atoms with Gasteiger partial charge in [-0.15, -0.1) is 0 Å². The molecule has 1 atom stereocenters. The molecule has 2 amide bonds. The summed E-state index contributed by atoms with van der Waals surface area (Å²) in [6, 6.07) is 10.3. The lowest BCUT2D eigenvalue weighted by atomic mass is 9.62. The largest absolute Gasteiger partial charge is 0.380 e. The summed E-state index contributed by atoms with van der Waals surface area (Å²) in [4.78, 5) is 22.7. The number of rotatable bonds is 5. The van der Waals surface area contributed by atoms with Crippen molar-refractivity contribution < 1.29 is 9.90 Å². The lowest BCUT2D eigenvalue weighted by molar-refractivity contribution is -0.127. The van der Waals surface area contributed by atoms with Gasteiger partial charge in [0.05, 0.1) is 0 Å². The van der Waals surface area contributed by atoms with Gasteiger partial charge in [0.25, 0.3) is 0 Å². The second-order valence-electron chi connectivity index (χ2n) is 11.3. The first-order chi connectivity index (χ1) is 16.4. The predicted molar refractivity (Wildman–Crippen MR) is 139 cm³/mol. The molecule has 0 unspecified atom stereocenters. The van der Waals surface area contributed by atoms with Gasteiger partial charge in [-0.25, -0.2) is 4.79 Å². The Labute approximate surface area is 209 Å². The molecule has 0 spiro atoms. The van der Waals surface area contributed by atoms with Crippen LogP contribution in [-0.2, 0) is 5.60 Å². The molecule has 0 saturated carbocycles. The van der Waals surface area contributed by atoms with E-state index < -0.39 is 11.1 Å². The van der Waals surface area contributed by atoms with Gasteiger partial charge in [-0.3, -0.25) is 4.98 Å². The monoisotopic (exact) mass is 474 g/mol. The van der Waals surface area contributed by atoms with Crippen LogP contribution in [0.3, 0.4) is 0 Å². The molecule has 1 aromatic carbocycles. The lowest BCUT2D eigenvalue weighted by Gasteiger charge is -2.55. The maximum absolute atomic E-state index is 12.5. The van der Waals surface area contributed by atoms with E-state index in [0.717, 1.165) is 29.8 Å². The number of nitrogens with zero attached hydrogens (tertiary/aromatic N) is 4. The molecule has 2 aliphatic rings. The molecule has 1 aromatic heterocycles. The van der Waals surface area contributed by atoms with Crippen molar-refractivity contribution in [2.24, 2.45) is 5.41 Å². The van der Waals surface area contributed by atoms with E-state index in [1.54, 1.807) is 22.2 Å². The van der Waals surface area contributed by atoms with Crippen molar-refractivity contribution in [1.82, 2.24) is 19.7 Å². The Morgan fingerprint density at radius 1 is 1.06 bits per heavy atom. The van der Waals surface area contributed by atoms with Gasteiger partial charge < -0.3 is 19.8 Å². The van der Waals surface area contributed by atoms with Gasteiger partial charge in [0.1, 0.15) is 11.1 Å². The zero-order chi connectivity index (χ0) is 25.6. The summed E-state index contributed by atoms with van der Waals surface area (Å²) >= 11 is 0. The summed E-state index contributed by atoms with van der Waals surface area (Å²) in [6.07, 6.45) is 3.48. The molecule has 0 aliphatic carbocycles. The summed E-state index contributed by atoms with van der Waals surface area (Å²) in [6.45, 7) is 13.3. The van der Waals surface area contributed by atoms with Gasteiger partial charge in [-0.2, -0.15) is 0 Å². The smallest absolute Gasteiger partial charge is 0.321 e. The number of benzene rings is 1. The van der Waals surface area contributed by atoms with Gasteiger partial charge in [-0.05, 0) is 44.0 Å². The van der Waals surface area contributed by atoms with E-state index >= 15 is 0 Å². The van der Waals surface area contributed by atoms with Gasteiger partial charge >= 0.3 is 6.03 Å². The minimum atomic E-state index is -1.21. The van der Waals surface area contributed by atoms with Crippen LogP contribution in [0.2, 0.25) is 0 Å². The first kappa shape index (κ1) is 25.2. The van der Waals surface area contributed by atoms with E-state index in [0.29, 0.717) is 19.0 Å². The van der Waals surface area contributed by atoms with Gasteiger partial charge in [0.2, 0.25) is 0 Å². The maximum atomic E-state index is 12.5. The standard InChI is InChI=1S/C29H38N4O2/c1-21(2)23-8-10-24(11-9-23)29(35,28(5)19-31(6)20-28)25-16-22(17-30-18-25)12-13-27(3,4)33-15-14-32(7)26(33)34/h8-11,16-18,21,35H,14-15,19-20H2,1-7H3/t29-/m0/s1. The maximum Gasteiger partial charge on any atom is 0.321 e. The van der Waals surface area contributed by atoms with Gasteiger partial charge in [-0.1, -0.05) is 56.9 Å². The Bertz CT molecular complexity index is 1160. The fraction of sp³-hybridized carbons (Fsp3) is 0.517. The fourth-order valence-electron chi connectivity index (χ4n) is 5.51. The molecule has 1 N–H and O–H groups in total. The average Bonchev–Trinajstić information content (AvgIpc) is 3.15. The minimum absolute atomic E-state index is 0.00239. The van der Waals surface area contributed by atoms with Gasteiger partial charge in [0, 0.05) is 62.2 Å². The summed E-state index contributed by atoms with van der Waals surface area (Å²) in [5.41, 5.74) is 1.41.